The lowest BCUT2D eigenvalue weighted by Gasteiger charge is -2.12. The highest BCUT2D eigenvalue weighted by molar-refractivity contribution is 7.92. The van der Waals surface area contributed by atoms with Crippen molar-refractivity contribution in [2.24, 2.45) is 0 Å². The molecular weight excluding hydrogens is 262 g/mol. The Labute approximate surface area is 113 Å². The fourth-order valence-corrected chi connectivity index (χ4v) is 3.10. The quantitative estimate of drug-likeness (QED) is 0.935. The van der Waals surface area contributed by atoms with Gasteiger partial charge in [0.25, 0.3) is 10.0 Å². The van der Waals surface area contributed by atoms with Crippen molar-refractivity contribution in [2.75, 3.05) is 11.8 Å². The van der Waals surface area contributed by atoms with E-state index >= 15 is 0 Å². The standard InChI is InChI=1S/C14H15NO3S/c1-11-7-3-6-10-14(11)19(16,17)15-12-8-4-5-9-13(12)18-2/h3-10,15H,1-2H3. The molecule has 2 aromatic carbocycles. The number of rotatable bonds is 4. The Hall–Kier alpha value is -2.01. The number of hydrogen-bond donors (Lipinski definition) is 1. The predicted molar refractivity (Wildman–Crippen MR) is 75.0 cm³/mol. The molecule has 0 atom stereocenters. The molecule has 0 aromatic heterocycles. The summed E-state index contributed by atoms with van der Waals surface area (Å²) in [6, 6.07) is 13.7. The third kappa shape index (κ3) is 2.88. The summed E-state index contributed by atoms with van der Waals surface area (Å²) in [6.45, 7) is 1.76. The number of methoxy groups -OCH3 is 1. The number of sulfonamides is 1. The molecule has 0 spiro atoms. The maximum atomic E-state index is 12.3. The minimum absolute atomic E-state index is 0.265. The molecule has 100 valence electrons. The molecule has 0 saturated carbocycles. The summed E-state index contributed by atoms with van der Waals surface area (Å²) in [6.07, 6.45) is 0. The van der Waals surface area contributed by atoms with Crippen LogP contribution in [0, 0.1) is 6.92 Å². The Morgan fingerprint density at radius 1 is 1.00 bits per heavy atom. The topological polar surface area (TPSA) is 55.4 Å². The van der Waals surface area contributed by atoms with Crippen LogP contribution in [0.25, 0.3) is 0 Å². The van der Waals surface area contributed by atoms with Crippen LogP contribution in [0.5, 0.6) is 5.75 Å². The molecule has 1 N–H and O–H groups in total. The maximum Gasteiger partial charge on any atom is 0.262 e. The summed E-state index contributed by atoms with van der Waals surface area (Å²) in [5, 5.41) is 0. The van der Waals surface area contributed by atoms with Gasteiger partial charge in [0.2, 0.25) is 0 Å². The van der Waals surface area contributed by atoms with Crippen molar-refractivity contribution >= 4 is 15.7 Å². The minimum atomic E-state index is -3.61. The number of anilines is 1. The van der Waals surface area contributed by atoms with Gasteiger partial charge in [-0.1, -0.05) is 30.3 Å². The van der Waals surface area contributed by atoms with Crippen molar-refractivity contribution in [3.8, 4) is 5.75 Å². The van der Waals surface area contributed by atoms with E-state index in [1.54, 1.807) is 55.5 Å². The average molecular weight is 277 g/mol. The zero-order chi connectivity index (χ0) is 13.9. The number of nitrogens with one attached hydrogen (secondary N) is 1. The highest BCUT2D eigenvalue weighted by Gasteiger charge is 2.17. The SMILES string of the molecule is COc1ccccc1NS(=O)(=O)c1ccccc1C. The van der Waals surface area contributed by atoms with Crippen molar-refractivity contribution in [3.63, 3.8) is 0 Å². The highest BCUT2D eigenvalue weighted by atomic mass is 32.2. The van der Waals surface area contributed by atoms with Gasteiger partial charge in [-0.2, -0.15) is 0 Å². The van der Waals surface area contributed by atoms with Crippen molar-refractivity contribution in [1.82, 2.24) is 0 Å². The van der Waals surface area contributed by atoms with Crippen LogP contribution >= 0.6 is 0 Å². The van der Waals surface area contributed by atoms with Crippen LogP contribution in [0.2, 0.25) is 0 Å². The van der Waals surface area contributed by atoms with Crippen molar-refractivity contribution in [1.29, 1.82) is 0 Å². The Morgan fingerprint density at radius 2 is 1.63 bits per heavy atom. The first-order chi connectivity index (χ1) is 9.04. The molecule has 2 aromatic rings. The lowest BCUT2D eigenvalue weighted by molar-refractivity contribution is 0.417. The summed E-state index contributed by atoms with van der Waals surface area (Å²) in [5.74, 6) is 0.486. The van der Waals surface area contributed by atoms with E-state index < -0.39 is 10.0 Å². The highest BCUT2D eigenvalue weighted by Crippen LogP contribution is 2.26. The van der Waals surface area contributed by atoms with Gasteiger partial charge in [0.15, 0.2) is 0 Å². The number of ether oxygens (including phenoxy) is 1. The predicted octanol–water partition coefficient (Wildman–Crippen LogP) is 2.80. The zero-order valence-corrected chi connectivity index (χ0v) is 11.6. The summed E-state index contributed by atoms with van der Waals surface area (Å²) < 4.78 is 32.3. The van der Waals surface area contributed by atoms with E-state index in [1.165, 1.54) is 7.11 Å². The van der Waals surface area contributed by atoms with E-state index in [1.807, 2.05) is 0 Å². The molecule has 0 saturated heterocycles. The van der Waals surface area contributed by atoms with Gasteiger partial charge in [0.1, 0.15) is 5.75 Å². The van der Waals surface area contributed by atoms with E-state index in [4.69, 9.17) is 4.74 Å². The molecule has 19 heavy (non-hydrogen) atoms. The number of para-hydroxylation sites is 2. The van der Waals surface area contributed by atoms with Crippen LogP contribution in [-0.2, 0) is 10.0 Å². The largest absolute Gasteiger partial charge is 0.495 e. The van der Waals surface area contributed by atoms with E-state index in [2.05, 4.69) is 4.72 Å². The third-order valence-corrected chi connectivity index (χ3v) is 4.26. The first kappa shape index (κ1) is 13.4. The molecule has 0 fully saturated rings. The van der Waals surface area contributed by atoms with Crippen molar-refractivity contribution < 1.29 is 13.2 Å². The van der Waals surface area contributed by atoms with Gasteiger partial charge in [0, 0.05) is 0 Å². The molecule has 0 aliphatic rings. The summed E-state index contributed by atoms with van der Waals surface area (Å²) in [7, 11) is -2.11. The van der Waals surface area contributed by atoms with Crippen LogP contribution in [0.4, 0.5) is 5.69 Å². The molecule has 0 radical (unpaired) electrons. The number of hydrogen-bond acceptors (Lipinski definition) is 3. The zero-order valence-electron chi connectivity index (χ0n) is 10.8. The molecule has 0 unspecified atom stereocenters. The lowest BCUT2D eigenvalue weighted by atomic mass is 10.2. The van der Waals surface area contributed by atoms with Crippen LogP contribution in [-0.4, -0.2) is 15.5 Å². The van der Waals surface area contributed by atoms with E-state index in [9.17, 15) is 8.42 Å². The maximum absolute atomic E-state index is 12.3. The first-order valence-corrected chi connectivity index (χ1v) is 7.24. The summed E-state index contributed by atoms with van der Waals surface area (Å²) in [5.41, 5.74) is 1.12. The van der Waals surface area contributed by atoms with Crippen LogP contribution in [0.1, 0.15) is 5.56 Å². The summed E-state index contributed by atoms with van der Waals surface area (Å²) in [4.78, 5) is 0.265. The fourth-order valence-electron chi connectivity index (χ4n) is 1.79. The van der Waals surface area contributed by atoms with Gasteiger partial charge in [-0.3, -0.25) is 4.72 Å². The fraction of sp³-hybridized carbons (Fsp3) is 0.143. The van der Waals surface area contributed by atoms with E-state index in [0.29, 0.717) is 17.0 Å². The van der Waals surface area contributed by atoms with E-state index in [0.717, 1.165) is 0 Å². The Balaban J connectivity index is 2.40. The Bertz CT molecular complexity index is 681. The Kier molecular flexibility index (Phi) is 3.76. The van der Waals surface area contributed by atoms with Gasteiger partial charge < -0.3 is 4.74 Å². The first-order valence-electron chi connectivity index (χ1n) is 5.76. The number of benzene rings is 2. The normalized spacial score (nSPS) is 11.1. The molecule has 0 aliphatic heterocycles. The second-order valence-electron chi connectivity index (χ2n) is 4.07. The molecule has 0 heterocycles. The van der Waals surface area contributed by atoms with Gasteiger partial charge >= 0.3 is 0 Å². The van der Waals surface area contributed by atoms with Crippen molar-refractivity contribution in [2.45, 2.75) is 11.8 Å². The average Bonchev–Trinajstić information content (AvgIpc) is 2.39. The van der Waals surface area contributed by atoms with Crippen LogP contribution in [0.15, 0.2) is 53.4 Å². The molecular formula is C14H15NO3S. The second kappa shape index (κ2) is 5.32. The van der Waals surface area contributed by atoms with Crippen molar-refractivity contribution in [3.05, 3.63) is 54.1 Å². The van der Waals surface area contributed by atoms with E-state index in [-0.39, 0.29) is 4.90 Å². The Morgan fingerprint density at radius 3 is 2.32 bits per heavy atom. The van der Waals surface area contributed by atoms with Gasteiger partial charge in [-0.05, 0) is 30.7 Å². The smallest absolute Gasteiger partial charge is 0.262 e. The second-order valence-corrected chi connectivity index (χ2v) is 5.72. The van der Waals surface area contributed by atoms with Gasteiger partial charge in [-0.25, -0.2) is 8.42 Å². The molecule has 0 amide bonds. The molecule has 2 rings (SSSR count). The number of aryl methyl sites for hydroxylation is 1. The summed E-state index contributed by atoms with van der Waals surface area (Å²) >= 11 is 0. The van der Waals surface area contributed by atoms with Crippen LogP contribution < -0.4 is 9.46 Å². The van der Waals surface area contributed by atoms with Gasteiger partial charge in [-0.15, -0.1) is 0 Å². The third-order valence-electron chi connectivity index (χ3n) is 2.73. The molecule has 0 bridgehead atoms. The molecule has 0 aliphatic carbocycles. The lowest BCUT2D eigenvalue weighted by Crippen LogP contribution is -2.14. The molecule has 5 heteroatoms. The van der Waals surface area contributed by atoms with Gasteiger partial charge in [0.05, 0.1) is 17.7 Å². The minimum Gasteiger partial charge on any atom is -0.495 e. The van der Waals surface area contributed by atoms with Crippen LogP contribution in [0.3, 0.4) is 0 Å². The monoisotopic (exact) mass is 277 g/mol. The molecule has 4 nitrogen and oxygen atoms in total.